The summed E-state index contributed by atoms with van der Waals surface area (Å²) in [6, 6.07) is 12.0. The molecule has 0 saturated heterocycles. The zero-order valence-corrected chi connectivity index (χ0v) is 17.5. The summed E-state index contributed by atoms with van der Waals surface area (Å²) in [6.45, 7) is 0.203. The molecule has 33 heavy (non-hydrogen) atoms. The Morgan fingerprint density at radius 3 is 2.67 bits per heavy atom. The van der Waals surface area contributed by atoms with Crippen molar-refractivity contribution in [3.63, 3.8) is 0 Å². The highest BCUT2D eigenvalue weighted by molar-refractivity contribution is 6.00. The van der Waals surface area contributed by atoms with E-state index in [-0.39, 0.29) is 31.3 Å². The number of benzene rings is 2. The number of hydrogen-bond donors (Lipinski definition) is 1. The lowest BCUT2D eigenvalue weighted by atomic mass is 9.98. The smallest absolute Gasteiger partial charge is 0.251 e. The zero-order valence-electron chi connectivity index (χ0n) is 17.5. The molecule has 0 spiro atoms. The molecule has 166 valence electrons. The normalized spacial score (nSPS) is 13.3. The number of rotatable bonds is 5. The molecule has 0 atom stereocenters. The number of carbonyl (C=O) groups excluding carboxylic acids is 2. The summed E-state index contributed by atoms with van der Waals surface area (Å²) in [6.07, 6.45) is 4.10. The molecule has 0 bridgehead atoms. The van der Waals surface area contributed by atoms with Crippen molar-refractivity contribution in [2.45, 2.75) is 25.9 Å². The Balaban J connectivity index is 1.36. The molecule has 6 nitrogen and oxygen atoms in total. The van der Waals surface area contributed by atoms with Crippen molar-refractivity contribution in [2.75, 3.05) is 4.90 Å². The minimum atomic E-state index is -0.704. The molecule has 0 saturated carbocycles. The molecule has 0 unspecified atom stereocenters. The highest BCUT2D eigenvalue weighted by Gasteiger charge is 2.25. The SMILES string of the molecule is O=C(NCc1cc2ccncc2o1)c1ccc2c(c1)N(Cc1cc(F)cc(F)c1)C(=O)CC2. The molecule has 1 aliphatic heterocycles. The summed E-state index contributed by atoms with van der Waals surface area (Å²) in [4.78, 5) is 30.9. The van der Waals surface area contributed by atoms with Crippen LogP contribution in [0.2, 0.25) is 0 Å². The largest absolute Gasteiger partial charge is 0.458 e. The maximum absolute atomic E-state index is 13.6. The molecule has 2 amide bonds. The van der Waals surface area contributed by atoms with Crippen LogP contribution in [0.3, 0.4) is 0 Å². The lowest BCUT2D eigenvalue weighted by molar-refractivity contribution is -0.119. The van der Waals surface area contributed by atoms with Crippen molar-refractivity contribution >= 4 is 28.5 Å². The number of furan rings is 1. The number of amides is 2. The van der Waals surface area contributed by atoms with Gasteiger partial charge in [-0.15, -0.1) is 0 Å². The third-order valence-electron chi connectivity index (χ3n) is 5.61. The summed E-state index contributed by atoms with van der Waals surface area (Å²) < 4.78 is 32.9. The number of pyridine rings is 1. The Kier molecular flexibility index (Phi) is 5.34. The molecular formula is C25H19F2N3O3. The lowest BCUT2D eigenvalue weighted by Gasteiger charge is -2.30. The standard InChI is InChI=1S/C25H19F2N3O3/c26-19-7-15(8-20(27)11-19)14-30-22-10-18(2-1-16(22)3-4-24(30)31)25(32)29-12-21-9-17-5-6-28-13-23(17)33-21/h1-2,5-11,13H,3-4,12,14H2,(H,29,32). The molecule has 5 rings (SSSR count). The molecule has 0 radical (unpaired) electrons. The number of nitrogens with zero attached hydrogens (tertiary/aromatic N) is 2. The number of nitrogens with one attached hydrogen (secondary N) is 1. The predicted octanol–water partition coefficient (Wildman–Crippen LogP) is 4.52. The third-order valence-corrected chi connectivity index (χ3v) is 5.61. The Morgan fingerprint density at radius 1 is 1.06 bits per heavy atom. The van der Waals surface area contributed by atoms with Gasteiger partial charge in [0.2, 0.25) is 5.91 Å². The van der Waals surface area contributed by atoms with Crippen LogP contribution in [0.15, 0.2) is 65.3 Å². The molecule has 4 aromatic rings. The predicted molar refractivity (Wildman–Crippen MR) is 117 cm³/mol. The Morgan fingerprint density at radius 2 is 1.88 bits per heavy atom. The molecule has 2 aromatic heterocycles. The molecule has 0 fully saturated rings. The van der Waals surface area contributed by atoms with E-state index in [2.05, 4.69) is 10.3 Å². The van der Waals surface area contributed by atoms with Gasteiger partial charge in [0.15, 0.2) is 5.58 Å². The number of halogens is 2. The van der Waals surface area contributed by atoms with E-state index in [1.807, 2.05) is 18.2 Å². The van der Waals surface area contributed by atoms with Crippen LogP contribution in [-0.4, -0.2) is 16.8 Å². The summed E-state index contributed by atoms with van der Waals surface area (Å²) in [7, 11) is 0. The van der Waals surface area contributed by atoms with Crippen molar-refractivity contribution in [2.24, 2.45) is 0 Å². The fourth-order valence-corrected chi connectivity index (χ4v) is 4.03. The molecule has 1 aliphatic rings. The van der Waals surface area contributed by atoms with Crippen LogP contribution in [0, 0.1) is 11.6 Å². The Labute approximate surface area is 187 Å². The maximum atomic E-state index is 13.6. The number of anilines is 1. The van der Waals surface area contributed by atoms with Crippen molar-refractivity contribution in [1.82, 2.24) is 10.3 Å². The number of fused-ring (bicyclic) bond motifs is 2. The average molecular weight is 447 g/mol. The number of hydrogen-bond acceptors (Lipinski definition) is 4. The summed E-state index contributed by atoms with van der Waals surface area (Å²) in [5.74, 6) is -1.31. The van der Waals surface area contributed by atoms with Gasteiger partial charge in [-0.05, 0) is 53.9 Å². The van der Waals surface area contributed by atoms with Gasteiger partial charge in [-0.3, -0.25) is 14.6 Å². The molecule has 0 aliphatic carbocycles. The van der Waals surface area contributed by atoms with Crippen molar-refractivity contribution in [1.29, 1.82) is 0 Å². The summed E-state index contributed by atoms with van der Waals surface area (Å²) >= 11 is 0. The average Bonchev–Trinajstić information content (AvgIpc) is 3.21. The van der Waals surface area contributed by atoms with Gasteiger partial charge in [0.1, 0.15) is 17.4 Å². The minimum Gasteiger partial charge on any atom is -0.458 e. The van der Waals surface area contributed by atoms with E-state index in [0.717, 1.165) is 17.0 Å². The second-order valence-electron chi connectivity index (χ2n) is 7.91. The topological polar surface area (TPSA) is 75.4 Å². The summed E-state index contributed by atoms with van der Waals surface area (Å²) in [5, 5.41) is 3.71. The van der Waals surface area contributed by atoms with Gasteiger partial charge in [0.05, 0.1) is 19.3 Å². The second-order valence-corrected chi connectivity index (χ2v) is 7.91. The van der Waals surface area contributed by atoms with E-state index in [1.165, 1.54) is 17.0 Å². The quantitative estimate of drug-likeness (QED) is 0.488. The molecule has 1 N–H and O–H groups in total. The molecule has 8 heteroatoms. The van der Waals surface area contributed by atoms with E-state index >= 15 is 0 Å². The van der Waals surface area contributed by atoms with Crippen LogP contribution in [0.4, 0.5) is 14.5 Å². The monoisotopic (exact) mass is 447 g/mol. The van der Waals surface area contributed by atoms with Crippen LogP contribution in [0.5, 0.6) is 0 Å². The first kappa shape index (κ1) is 20.8. The van der Waals surface area contributed by atoms with Crippen LogP contribution in [0.25, 0.3) is 11.0 Å². The van der Waals surface area contributed by atoms with E-state index in [1.54, 1.807) is 24.5 Å². The van der Waals surface area contributed by atoms with Gasteiger partial charge in [-0.25, -0.2) is 8.78 Å². The van der Waals surface area contributed by atoms with E-state index in [9.17, 15) is 18.4 Å². The zero-order chi connectivity index (χ0) is 22.9. The molecule has 2 aromatic carbocycles. The highest BCUT2D eigenvalue weighted by Crippen LogP contribution is 2.31. The van der Waals surface area contributed by atoms with Gasteiger partial charge < -0.3 is 14.6 Å². The maximum Gasteiger partial charge on any atom is 0.251 e. The first-order valence-corrected chi connectivity index (χ1v) is 10.5. The van der Waals surface area contributed by atoms with Gasteiger partial charge in [-0.2, -0.15) is 0 Å². The first-order valence-electron chi connectivity index (χ1n) is 10.5. The van der Waals surface area contributed by atoms with Crippen molar-refractivity contribution in [3.8, 4) is 0 Å². The lowest BCUT2D eigenvalue weighted by Crippen LogP contribution is -2.35. The third kappa shape index (κ3) is 4.32. The van der Waals surface area contributed by atoms with E-state index in [4.69, 9.17) is 4.42 Å². The summed E-state index contributed by atoms with van der Waals surface area (Å²) in [5.41, 5.74) is 2.81. The van der Waals surface area contributed by atoms with Gasteiger partial charge >= 0.3 is 0 Å². The number of aryl methyl sites for hydroxylation is 1. The molecular weight excluding hydrogens is 428 g/mol. The Bertz CT molecular complexity index is 1330. The van der Waals surface area contributed by atoms with Gasteiger partial charge in [0, 0.05) is 35.3 Å². The fourth-order valence-electron chi connectivity index (χ4n) is 4.03. The van der Waals surface area contributed by atoms with E-state index in [0.29, 0.717) is 34.6 Å². The van der Waals surface area contributed by atoms with Crippen LogP contribution in [0.1, 0.15) is 33.7 Å². The highest BCUT2D eigenvalue weighted by atomic mass is 19.1. The number of carbonyl (C=O) groups is 2. The first-order chi connectivity index (χ1) is 16.0. The number of aromatic nitrogens is 1. The second kappa shape index (κ2) is 8.46. The van der Waals surface area contributed by atoms with Crippen LogP contribution < -0.4 is 10.2 Å². The minimum absolute atomic E-state index is 0.0125. The van der Waals surface area contributed by atoms with Crippen LogP contribution >= 0.6 is 0 Å². The van der Waals surface area contributed by atoms with Crippen LogP contribution in [-0.2, 0) is 24.3 Å². The van der Waals surface area contributed by atoms with Crippen molar-refractivity contribution in [3.05, 3.63) is 95.0 Å². The van der Waals surface area contributed by atoms with E-state index < -0.39 is 11.6 Å². The Hall–Kier alpha value is -4.07. The van der Waals surface area contributed by atoms with Crippen molar-refractivity contribution < 1.29 is 22.8 Å². The fraction of sp³-hybridized carbons (Fsp3) is 0.160. The van der Waals surface area contributed by atoms with Gasteiger partial charge in [-0.1, -0.05) is 6.07 Å². The molecule has 3 heterocycles. The van der Waals surface area contributed by atoms with Gasteiger partial charge in [0.25, 0.3) is 5.91 Å².